The van der Waals surface area contributed by atoms with Crippen LogP contribution in [0.5, 0.6) is 0 Å². The third kappa shape index (κ3) is 3.47. The minimum atomic E-state index is 0.115. The van der Waals surface area contributed by atoms with Gasteiger partial charge in [0.15, 0.2) is 6.54 Å². The number of nitrogens with zero attached hydrogens (tertiary/aromatic N) is 1. The normalized spacial score (nSPS) is 15.7. The van der Waals surface area contributed by atoms with Gasteiger partial charge in [-0.2, -0.15) is 0 Å². The second kappa shape index (κ2) is 5.87. The summed E-state index contributed by atoms with van der Waals surface area (Å²) >= 11 is 0. The van der Waals surface area contributed by atoms with Gasteiger partial charge in [0.1, 0.15) is 0 Å². The number of benzene rings is 1. The maximum absolute atomic E-state index is 11.8. The topological polar surface area (TPSA) is 36.8 Å². The highest BCUT2D eigenvalue weighted by atomic mass is 16.2. The first-order valence-electron chi connectivity index (χ1n) is 6.56. The SMILES string of the molecule is CN(C)c1ccc(NC(=O)C[NH+]2CCCC2)cc1. The summed E-state index contributed by atoms with van der Waals surface area (Å²) < 4.78 is 0. The van der Waals surface area contributed by atoms with Crippen LogP contribution in [0.15, 0.2) is 24.3 Å². The van der Waals surface area contributed by atoms with E-state index in [9.17, 15) is 4.79 Å². The van der Waals surface area contributed by atoms with Crippen LogP contribution in [0.2, 0.25) is 0 Å². The fourth-order valence-electron chi connectivity index (χ4n) is 2.33. The fourth-order valence-corrected chi connectivity index (χ4v) is 2.33. The van der Waals surface area contributed by atoms with Gasteiger partial charge < -0.3 is 15.1 Å². The molecule has 4 nitrogen and oxygen atoms in total. The summed E-state index contributed by atoms with van der Waals surface area (Å²) in [6, 6.07) is 7.93. The Balaban J connectivity index is 1.86. The Morgan fingerprint density at radius 3 is 2.39 bits per heavy atom. The van der Waals surface area contributed by atoms with Gasteiger partial charge in [0, 0.05) is 38.3 Å². The van der Waals surface area contributed by atoms with Crippen molar-refractivity contribution < 1.29 is 9.69 Å². The standard InChI is InChI=1S/C14H21N3O/c1-16(2)13-7-5-12(6-8-13)15-14(18)11-17-9-3-4-10-17/h5-8H,3-4,9-11H2,1-2H3,(H,15,18)/p+1. The highest BCUT2D eigenvalue weighted by Gasteiger charge is 2.18. The second-order valence-corrected chi connectivity index (χ2v) is 5.12. The van der Waals surface area contributed by atoms with Crippen molar-refractivity contribution in [3.63, 3.8) is 0 Å². The minimum Gasteiger partial charge on any atom is -0.378 e. The molecule has 2 rings (SSSR count). The predicted molar refractivity (Wildman–Crippen MR) is 74.2 cm³/mol. The average Bonchev–Trinajstić information content (AvgIpc) is 2.82. The number of hydrogen-bond acceptors (Lipinski definition) is 2. The van der Waals surface area contributed by atoms with Gasteiger partial charge in [-0.25, -0.2) is 0 Å². The molecule has 1 aliphatic rings. The zero-order valence-corrected chi connectivity index (χ0v) is 11.2. The van der Waals surface area contributed by atoms with Crippen LogP contribution < -0.4 is 15.1 Å². The Labute approximate surface area is 109 Å². The highest BCUT2D eigenvalue weighted by molar-refractivity contribution is 5.91. The monoisotopic (exact) mass is 248 g/mol. The van der Waals surface area contributed by atoms with Gasteiger partial charge in [-0.05, 0) is 24.3 Å². The van der Waals surface area contributed by atoms with E-state index in [-0.39, 0.29) is 5.91 Å². The summed E-state index contributed by atoms with van der Waals surface area (Å²) in [6.07, 6.45) is 2.50. The number of carbonyl (C=O) groups excluding carboxylic acids is 1. The Kier molecular flexibility index (Phi) is 4.20. The maximum Gasteiger partial charge on any atom is 0.279 e. The molecule has 0 radical (unpaired) electrons. The first kappa shape index (κ1) is 12.9. The molecular formula is C14H22N3O+. The second-order valence-electron chi connectivity index (χ2n) is 5.12. The summed E-state index contributed by atoms with van der Waals surface area (Å²) in [5.74, 6) is 0.115. The third-order valence-electron chi connectivity index (χ3n) is 3.39. The van der Waals surface area contributed by atoms with Crippen LogP contribution in [0.4, 0.5) is 11.4 Å². The molecule has 98 valence electrons. The fraction of sp³-hybridized carbons (Fsp3) is 0.500. The summed E-state index contributed by atoms with van der Waals surface area (Å²) in [6.45, 7) is 2.86. The zero-order chi connectivity index (χ0) is 13.0. The molecule has 2 N–H and O–H groups in total. The van der Waals surface area contributed by atoms with E-state index < -0.39 is 0 Å². The Hall–Kier alpha value is -1.55. The van der Waals surface area contributed by atoms with Crippen LogP contribution >= 0.6 is 0 Å². The quantitative estimate of drug-likeness (QED) is 0.808. The summed E-state index contributed by atoms with van der Waals surface area (Å²) in [5, 5.41) is 2.96. The molecule has 1 aromatic carbocycles. The van der Waals surface area contributed by atoms with Gasteiger partial charge in [0.2, 0.25) is 0 Å². The lowest BCUT2D eigenvalue weighted by atomic mass is 10.2. The molecule has 4 heteroatoms. The lowest BCUT2D eigenvalue weighted by molar-refractivity contribution is -0.878. The molecule has 0 aromatic heterocycles. The van der Waals surface area contributed by atoms with Crippen molar-refractivity contribution in [1.82, 2.24) is 0 Å². The number of nitrogens with one attached hydrogen (secondary N) is 2. The van der Waals surface area contributed by atoms with Crippen molar-refractivity contribution in [2.24, 2.45) is 0 Å². The third-order valence-corrected chi connectivity index (χ3v) is 3.39. The maximum atomic E-state index is 11.8. The first-order chi connectivity index (χ1) is 8.65. The lowest BCUT2D eigenvalue weighted by Gasteiger charge is -2.14. The molecule has 1 fully saturated rings. The first-order valence-corrected chi connectivity index (χ1v) is 6.56. The molecule has 0 aliphatic carbocycles. The Morgan fingerprint density at radius 1 is 1.22 bits per heavy atom. The van der Waals surface area contributed by atoms with Crippen molar-refractivity contribution in [2.75, 3.05) is 43.9 Å². The number of anilines is 2. The molecular weight excluding hydrogens is 226 g/mol. The van der Waals surface area contributed by atoms with Crippen molar-refractivity contribution in [1.29, 1.82) is 0 Å². The van der Waals surface area contributed by atoms with E-state index in [2.05, 4.69) is 5.32 Å². The van der Waals surface area contributed by atoms with Gasteiger partial charge in [-0.1, -0.05) is 0 Å². The van der Waals surface area contributed by atoms with E-state index in [1.165, 1.54) is 17.7 Å². The molecule has 0 spiro atoms. The van der Waals surface area contributed by atoms with E-state index in [1.807, 2.05) is 43.3 Å². The number of carbonyl (C=O) groups is 1. The van der Waals surface area contributed by atoms with Gasteiger partial charge in [0.25, 0.3) is 5.91 Å². The van der Waals surface area contributed by atoms with Crippen LogP contribution in [0.3, 0.4) is 0 Å². The summed E-state index contributed by atoms with van der Waals surface area (Å²) in [7, 11) is 4.01. The van der Waals surface area contributed by atoms with Gasteiger partial charge >= 0.3 is 0 Å². The molecule has 1 amide bonds. The smallest absolute Gasteiger partial charge is 0.279 e. The van der Waals surface area contributed by atoms with Crippen LogP contribution in [0.25, 0.3) is 0 Å². The summed E-state index contributed by atoms with van der Waals surface area (Å²) in [5.41, 5.74) is 2.02. The molecule has 0 saturated carbocycles. The predicted octanol–water partition coefficient (Wildman–Crippen LogP) is 0.370. The largest absolute Gasteiger partial charge is 0.378 e. The van der Waals surface area contributed by atoms with Crippen molar-refractivity contribution in [3.05, 3.63) is 24.3 Å². The van der Waals surface area contributed by atoms with Gasteiger partial charge in [-0.15, -0.1) is 0 Å². The molecule has 1 heterocycles. The van der Waals surface area contributed by atoms with Gasteiger partial charge in [0.05, 0.1) is 13.1 Å². The lowest BCUT2D eigenvalue weighted by Crippen LogP contribution is -3.11. The number of likely N-dealkylation sites (tertiary alicyclic amines) is 1. The van der Waals surface area contributed by atoms with E-state index in [0.717, 1.165) is 24.5 Å². The van der Waals surface area contributed by atoms with Gasteiger partial charge in [-0.3, -0.25) is 4.79 Å². The number of amides is 1. The number of rotatable bonds is 4. The molecule has 0 unspecified atom stereocenters. The van der Waals surface area contributed by atoms with Crippen molar-refractivity contribution in [3.8, 4) is 0 Å². The summed E-state index contributed by atoms with van der Waals surface area (Å²) in [4.78, 5) is 15.3. The molecule has 1 aliphatic heterocycles. The van der Waals surface area contributed by atoms with E-state index >= 15 is 0 Å². The van der Waals surface area contributed by atoms with Crippen molar-refractivity contribution >= 4 is 17.3 Å². The Bertz CT molecular complexity index is 394. The van der Waals surface area contributed by atoms with E-state index in [0.29, 0.717) is 6.54 Å². The van der Waals surface area contributed by atoms with Crippen LogP contribution in [-0.4, -0.2) is 39.6 Å². The zero-order valence-electron chi connectivity index (χ0n) is 11.2. The van der Waals surface area contributed by atoms with E-state index in [1.54, 1.807) is 0 Å². The van der Waals surface area contributed by atoms with Crippen LogP contribution in [0, 0.1) is 0 Å². The van der Waals surface area contributed by atoms with E-state index in [4.69, 9.17) is 0 Å². The minimum absolute atomic E-state index is 0.115. The Morgan fingerprint density at radius 2 is 1.83 bits per heavy atom. The molecule has 18 heavy (non-hydrogen) atoms. The van der Waals surface area contributed by atoms with Crippen LogP contribution in [-0.2, 0) is 4.79 Å². The molecule has 1 aromatic rings. The molecule has 0 atom stereocenters. The average molecular weight is 248 g/mol. The van der Waals surface area contributed by atoms with Crippen LogP contribution in [0.1, 0.15) is 12.8 Å². The molecule has 1 saturated heterocycles. The highest BCUT2D eigenvalue weighted by Crippen LogP contribution is 2.15. The molecule has 0 bridgehead atoms. The number of quaternary nitrogens is 1. The number of hydrogen-bond donors (Lipinski definition) is 2. The van der Waals surface area contributed by atoms with Crippen molar-refractivity contribution in [2.45, 2.75) is 12.8 Å².